The smallest absolute Gasteiger partial charge is 0.253 e. The molecule has 0 spiro atoms. The minimum Gasteiger partial charge on any atom is -0.354 e. The Balaban J connectivity index is 1.58. The van der Waals surface area contributed by atoms with Gasteiger partial charge in [-0.05, 0) is 56.0 Å². The van der Waals surface area contributed by atoms with Crippen molar-refractivity contribution in [3.63, 3.8) is 0 Å². The Morgan fingerprint density at radius 1 is 1.12 bits per heavy atom. The van der Waals surface area contributed by atoms with Crippen LogP contribution in [-0.2, 0) is 11.3 Å². The molecule has 0 saturated carbocycles. The Morgan fingerprint density at radius 3 is 2.59 bits per heavy atom. The summed E-state index contributed by atoms with van der Waals surface area (Å²) in [5.41, 5.74) is 2.34. The number of carbonyl (C=O) groups excluding carboxylic acids is 2. The van der Waals surface area contributed by atoms with Crippen molar-refractivity contribution in [1.82, 2.24) is 20.2 Å². The third kappa shape index (κ3) is 6.02. The lowest BCUT2D eigenvalue weighted by atomic mass is 10.0. The molecule has 3 aromatic rings. The van der Waals surface area contributed by atoms with Crippen molar-refractivity contribution < 1.29 is 9.59 Å². The third-order valence-corrected chi connectivity index (χ3v) is 5.76. The summed E-state index contributed by atoms with van der Waals surface area (Å²) in [4.78, 5) is 30.1. The number of nitrogens with one attached hydrogen (secondary N) is 2. The van der Waals surface area contributed by atoms with Crippen LogP contribution in [0.25, 0.3) is 11.0 Å². The maximum absolute atomic E-state index is 12.8. The number of halogens is 2. The second kappa shape index (κ2) is 10.8. The maximum atomic E-state index is 12.8. The zero-order chi connectivity index (χ0) is 23.3. The SMILES string of the molecule is Cc1nc2ccccc2n1CCCNC(=O)C(CC(C)C)NC(=O)c1ccc(Cl)cc1Cl. The first-order valence-electron chi connectivity index (χ1n) is 10.7. The molecule has 6 nitrogen and oxygen atoms in total. The van der Waals surface area contributed by atoms with Crippen LogP contribution >= 0.6 is 23.2 Å². The van der Waals surface area contributed by atoms with E-state index in [0.29, 0.717) is 23.6 Å². The first kappa shape index (κ1) is 24.1. The quantitative estimate of drug-likeness (QED) is 0.428. The fraction of sp³-hybridized carbons (Fsp3) is 0.375. The van der Waals surface area contributed by atoms with Crippen molar-refractivity contribution in [2.45, 2.75) is 46.2 Å². The highest BCUT2D eigenvalue weighted by molar-refractivity contribution is 6.36. The summed E-state index contributed by atoms with van der Waals surface area (Å²) in [6.45, 7) is 7.24. The molecule has 2 aromatic carbocycles. The molecule has 1 heterocycles. The Labute approximate surface area is 198 Å². The van der Waals surface area contributed by atoms with Gasteiger partial charge in [-0.2, -0.15) is 0 Å². The minimum absolute atomic E-state index is 0.204. The highest BCUT2D eigenvalue weighted by atomic mass is 35.5. The fourth-order valence-corrected chi connectivity index (χ4v) is 4.16. The van der Waals surface area contributed by atoms with E-state index in [-0.39, 0.29) is 16.8 Å². The zero-order valence-corrected chi connectivity index (χ0v) is 20.0. The van der Waals surface area contributed by atoms with Crippen molar-refractivity contribution in [3.05, 3.63) is 63.9 Å². The summed E-state index contributed by atoms with van der Waals surface area (Å²) in [7, 11) is 0. The Morgan fingerprint density at radius 2 is 1.88 bits per heavy atom. The molecule has 0 fully saturated rings. The Kier molecular flexibility index (Phi) is 8.15. The molecule has 0 radical (unpaired) electrons. The molecular weight excluding hydrogens is 447 g/mol. The van der Waals surface area contributed by atoms with Crippen molar-refractivity contribution in [2.24, 2.45) is 5.92 Å². The highest BCUT2D eigenvalue weighted by Gasteiger charge is 2.23. The minimum atomic E-state index is -0.648. The molecule has 0 aliphatic rings. The van der Waals surface area contributed by atoms with Crippen molar-refractivity contribution in [1.29, 1.82) is 0 Å². The molecule has 2 amide bonds. The van der Waals surface area contributed by atoms with Gasteiger partial charge in [0.25, 0.3) is 5.91 Å². The van der Waals surface area contributed by atoms with Gasteiger partial charge in [-0.25, -0.2) is 4.98 Å². The van der Waals surface area contributed by atoms with Gasteiger partial charge in [-0.3, -0.25) is 9.59 Å². The highest BCUT2D eigenvalue weighted by Crippen LogP contribution is 2.21. The number of aromatic nitrogens is 2. The second-order valence-electron chi connectivity index (χ2n) is 8.22. The van der Waals surface area contributed by atoms with Crippen molar-refractivity contribution in [3.8, 4) is 0 Å². The van der Waals surface area contributed by atoms with E-state index in [9.17, 15) is 9.59 Å². The molecule has 0 aliphatic heterocycles. The first-order chi connectivity index (χ1) is 15.3. The number of hydrogen-bond donors (Lipinski definition) is 2. The maximum Gasteiger partial charge on any atom is 0.253 e. The predicted octanol–water partition coefficient (Wildman–Crippen LogP) is 5.00. The average Bonchev–Trinajstić information content (AvgIpc) is 3.05. The number of nitrogens with zero attached hydrogens (tertiary/aromatic N) is 2. The summed E-state index contributed by atoms with van der Waals surface area (Å²) in [5.74, 6) is 0.575. The van der Waals surface area contributed by atoms with Gasteiger partial charge >= 0.3 is 0 Å². The number of imidazole rings is 1. The second-order valence-corrected chi connectivity index (χ2v) is 9.07. The summed E-state index contributed by atoms with van der Waals surface area (Å²) >= 11 is 12.1. The largest absolute Gasteiger partial charge is 0.354 e. The molecule has 170 valence electrons. The molecule has 0 bridgehead atoms. The van der Waals surface area contributed by atoms with E-state index in [1.807, 2.05) is 45.0 Å². The van der Waals surface area contributed by atoms with Gasteiger partial charge in [0.15, 0.2) is 0 Å². The van der Waals surface area contributed by atoms with Gasteiger partial charge < -0.3 is 15.2 Å². The van der Waals surface area contributed by atoms with Crippen LogP contribution in [0.15, 0.2) is 42.5 Å². The lowest BCUT2D eigenvalue weighted by Crippen LogP contribution is -2.47. The van der Waals surface area contributed by atoms with E-state index < -0.39 is 11.9 Å². The summed E-state index contributed by atoms with van der Waals surface area (Å²) < 4.78 is 2.15. The number of fused-ring (bicyclic) bond motifs is 1. The molecule has 32 heavy (non-hydrogen) atoms. The first-order valence-corrected chi connectivity index (χ1v) is 11.5. The van der Waals surface area contributed by atoms with Gasteiger partial charge in [0, 0.05) is 18.1 Å². The van der Waals surface area contributed by atoms with Crippen LogP contribution in [-0.4, -0.2) is 34.0 Å². The van der Waals surface area contributed by atoms with Crippen LogP contribution in [0.5, 0.6) is 0 Å². The Bertz CT molecular complexity index is 1110. The number of amides is 2. The topological polar surface area (TPSA) is 76.0 Å². The molecule has 3 rings (SSSR count). The average molecular weight is 475 g/mol. The van der Waals surface area contributed by atoms with Gasteiger partial charge in [-0.15, -0.1) is 0 Å². The van der Waals surface area contributed by atoms with Crippen LogP contribution in [0.1, 0.15) is 42.9 Å². The Hall–Kier alpha value is -2.57. The van der Waals surface area contributed by atoms with E-state index in [1.165, 1.54) is 6.07 Å². The van der Waals surface area contributed by atoms with Crippen LogP contribution in [0.3, 0.4) is 0 Å². The van der Waals surface area contributed by atoms with Gasteiger partial charge in [0.2, 0.25) is 5.91 Å². The molecule has 1 unspecified atom stereocenters. The van der Waals surface area contributed by atoms with Crippen LogP contribution in [0.4, 0.5) is 0 Å². The number of para-hydroxylation sites is 2. The third-order valence-electron chi connectivity index (χ3n) is 5.21. The lowest BCUT2D eigenvalue weighted by Gasteiger charge is -2.20. The zero-order valence-electron chi connectivity index (χ0n) is 18.5. The molecule has 1 aromatic heterocycles. The van der Waals surface area contributed by atoms with E-state index in [2.05, 4.69) is 20.2 Å². The number of hydrogen-bond acceptors (Lipinski definition) is 3. The van der Waals surface area contributed by atoms with Crippen LogP contribution in [0, 0.1) is 12.8 Å². The summed E-state index contributed by atoms with van der Waals surface area (Å²) in [6.07, 6.45) is 1.27. The van der Waals surface area contributed by atoms with Crippen molar-refractivity contribution >= 4 is 46.0 Å². The molecule has 1 atom stereocenters. The molecular formula is C24H28Cl2N4O2. The van der Waals surface area contributed by atoms with E-state index >= 15 is 0 Å². The van der Waals surface area contributed by atoms with Crippen LogP contribution in [0.2, 0.25) is 10.0 Å². The normalized spacial score (nSPS) is 12.2. The van der Waals surface area contributed by atoms with Crippen molar-refractivity contribution in [2.75, 3.05) is 6.54 Å². The van der Waals surface area contributed by atoms with Gasteiger partial charge in [0.05, 0.1) is 21.6 Å². The number of rotatable bonds is 9. The number of aryl methyl sites for hydroxylation is 2. The summed E-state index contributed by atoms with van der Waals surface area (Å²) in [6, 6.07) is 12.0. The molecule has 8 heteroatoms. The van der Waals surface area contributed by atoms with E-state index in [0.717, 1.165) is 29.8 Å². The number of carbonyl (C=O) groups is 2. The standard InChI is InChI=1S/C24H28Cl2N4O2/c1-15(2)13-21(29-23(31)18-10-9-17(25)14-19(18)26)24(32)27-11-6-12-30-16(3)28-20-7-4-5-8-22(20)30/h4-5,7-10,14-15,21H,6,11-13H2,1-3H3,(H,27,32)(H,29,31). The van der Waals surface area contributed by atoms with E-state index in [4.69, 9.17) is 23.2 Å². The van der Waals surface area contributed by atoms with E-state index in [1.54, 1.807) is 12.1 Å². The van der Waals surface area contributed by atoms with Gasteiger partial charge in [-0.1, -0.05) is 49.2 Å². The summed E-state index contributed by atoms with van der Waals surface area (Å²) in [5, 5.41) is 6.48. The number of benzene rings is 2. The molecule has 2 N–H and O–H groups in total. The predicted molar refractivity (Wildman–Crippen MR) is 129 cm³/mol. The van der Waals surface area contributed by atoms with Gasteiger partial charge in [0.1, 0.15) is 11.9 Å². The molecule has 0 aliphatic carbocycles. The molecule has 0 saturated heterocycles. The lowest BCUT2D eigenvalue weighted by molar-refractivity contribution is -0.123. The van der Waals surface area contributed by atoms with Crippen LogP contribution < -0.4 is 10.6 Å². The fourth-order valence-electron chi connectivity index (χ4n) is 3.66. The monoisotopic (exact) mass is 474 g/mol.